The van der Waals surface area contributed by atoms with Crippen molar-refractivity contribution in [1.29, 1.82) is 0 Å². The topological polar surface area (TPSA) is 172 Å². The Morgan fingerprint density at radius 1 is 0.961 bits per heavy atom. The van der Waals surface area contributed by atoms with Gasteiger partial charge >= 0.3 is 5.97 Å². The second-order valence-corrected chi connectivity index (χ2v) is 25.0. The Bertz CT molecular complexity index is 2820. The molecule has 2 N–H and O–H groups in total. The van der Waals surface area contributed by atoms with Gasteiger partial charge < -0.3 is 38.1 Å². The molecule has 18 heteroatoms. The summed E-state index contributed by atoms with van der Waals surface area (Å²) in [5.41, 5.74) is 10.6. The Morgan fingerprint density at radius 3 is 2.42 bits per heavy atom. The molecule has 9 heterocycles. The molecule has 18 nitrogen and oxygen atoms in total. The molecular weight excluding hydrogens is 965 g/mol. The second kappa shape index (κ2) is 20.4. The van der Waals surface area contributed by atoms with E-state index in [0.717, 1.165) is 90.5 Å². The van der Waals surface area contributed by atoms with Crippen molar-refractivity contribution >= 4 is 34.4 Å². The van der Waals surface area contributed by atoms with Crippen LogP contribution in [0.4, 0.5) is 5.69 Å². The van der Waals surface area contributed by atoms with Gasteiger partial charge in [0.1, 0.15) is 30.1 Å². The lowest BCUT2D eigenvalue weighted by atomic mass is 9.76. The second-order valence-electron chi connectivity index (χ2n) is 25.0. The van der Waals surface area contributed by atoms with Crippen molar-refractivity contribution in [2.75, 3.05) is 111 Å². The van der Waals surface area contributed by atoms with Crippen LogP contribution in [0.3, 0.4) is 0 Å². The Morgan fingerprint density at radius 2 is 1.74 bits per heavy atom. The van der Waals surface area contributed by atoms with E-state index in [1.54, 1.807) is 20.5 Å². The Labute approximate surface area is 447 Å². The number of cyclic esters (lactones) is 1. The van der Waals surface area contributed by atoms with Gasteiger partial charge in [0.2, 0.25) is 11.8 Å². The first-order valence-corrected chi connectivity index (χ1v) is 28.4. The number of benzene rings is 1. The highest BCUT2D eigenvalue weighted by molar-refractivity contribution is 5.96. The Kier molecular flexibility index (Phi) is 13.9. The van der Waals surface area contributed by atoms with E-state index >= 15 is 4.79 Å². The fraction of sp³-hybridized carbons (Fsp3) is 0.672. The third kappa shape index (κ3) is 9.65. The van der Waals surface area contributed by atoms with Gasteiger partial charge in [-0.3, -0.25) is 39.1 Å². The molecule has 2 aliphatic carbocycles. The van der Waals surface area contributed by atoms with Gasteiger partial charge in [0, 0.05) is 124 Å². The molecule has 6 bridgehead atoms. The van der Waals surface area contributed by atoms with Crippen LogP contribution in [0.5, 0.6) is 0 Å². The summed E-state index contributed by atoms with van der Waals surface area (Å²) in [6, 6.07) is 7.30. The molecule has 1 spiro atoms. The van der Waals surface area contributed by atoms with Gasteiger partial charge in [-0.05, 0) is 80.5 Å². The summed E-state index contributed by atoms with van der Waals surface area (Å²) in [7, 11) is 3.51. The minimum atomic E-state index is -1.06. The number of carbonyl (C=O) groups is 3. The third-order valence-corrected chi connectivity index (χ3v) is 18.4. The molecule has 0 radical (unpaired) electrons. The fourth-order valence-electron chi connectivity index (χ4n) is 13.8. The van der Waals surface area contributed by atoms with Gasteiger partial charge in [0.25, 0.3) is 5.91 Å². The molecular formula is C58H80N10O8. The monoisotopic (exact) mass is 1040 g/mol. The van der Waals surface area contributed by atoms with E-state index in [0.29, 0.717) is 82.3 Å². The highest BCUT2D eigenvalue weighted by atomic mass is 16.5. The van der Waals surface area contributed by atoms with Crippen molar-refractivity contribution in [2.24, 2.45) is 34.5 Å². The molecule has 7 fully saturated rings. The summed E-state index contributed by atoms with van der Waals surface area (Å²) in [5.74, 6) is -0.0107. The number of pyridine rings is 1. The van der Waals surface area contributed by atoms with Crippen LogP contribution in [-0.2, 0) is 39.8 Å². The zero-order valence-electron chi connectivity index (χ0n) is 46.0. The number of nitrogens with zero attached hydrogens (tertiary/aromatic N) is 8. The number of hydrogen-bond donors (Lipinski definition) is 2. The molecule has 0 unspecified atom stereocenters. The molecule has 3 aromatic heterocycles. The van der Waals surface area contributed by atoms with Gasteiger partial charge in [-0.25, -0.2) is 10.4 Å². The van der Waals surface area contributed by atoms with Gasteiger partial charge in [0.15, 0.2) is 0 Å². The van der Waals surface area contributed by atoms with Crippen LogP contribution in [-0.4, -0.2) is 176 Å². The molecule has 12 rings (SSSR count). The van der Waals surface area contributed by atoms with E-state index in [9.17, 15) is 9.59 Å². The van der Waals surface area contributed by atoms with E-state index in [2.05, 4.69) is 101 Å². The number of hydrogen-bond acceptors (Lipinski definition) is 15. The maximum Gasteiger partial charge on any atom is 0.324 e. The summed E-state index contributed by atoms with van der Waals surface area (Å²) in [6.45, 7) is 23.1. The van der Waals surface area contributed by atoms with Crippen LogP contribution in [0.1, 0.15) is 103 Å². The van der Waals surface area contributed by atoms with E-state index < -0.39 is 29.5 Å². The van der Waals surface area contributed by atoms with E-state index in [-0.39, 0.29) is 53.7 Å². The van der Waals surface area contributed by atoms with Crippen LogP contribution in [0.25, 0.3) is 33.4 Å². The van der Waals surface area contributed by atoms with Crippen molar-refractivity contribution in [3.63, 3.8) is 0 Å². The molecule has 1 aromatic carbocycles. The number of fused-ring (bicyclic) bond motifs is 6. The van der Waals surface area contributed by atoms with Gasteiger partial charge in [0.05, 0.1) is 61.8 Å². The number of carbonyl (C=O) groups excluding carboxylic acids is 3. The van der Waals surface area contributed by atoms with Gasteiger partial charge in [-0.1, -0.05) is 40.7 Å². The van der Waals surface area contributed by atoms with E-state index in [1.807, 2.05) is 6.20 Å². The summed E-state index contributed by atoms with van der Waals surface area (Å²) in [5, 5.41) is 5.92. The minimum absolute atomic E-state index is 0.0176. The van der Waals surface area contributed by atoms with Crippen LogP contribution in [0.15, 0.2) is 41.1 Å². The number of rotatable bonds is 13. The number of hydrazine groups is 1. The summed E-state index contributed by atoms with van der Waals surface area (Å²) < 4.78 is 32.9. The zero-order valence-corrected chi connectivity index (χ0v) is 46.0. The van der Waals surface area contributed by atoms with Gasteiger partial charge in [-0.2, -0.15) is 0 Å². The lowest BCUT2D eigenvalue weighted by Gasteiger charge is -2.57. The molecule has 5 saturated heterocycles. The standard InChI is InChI=1S/C58H80N10O8/c1-34(2)47-35(3)48(47)53(69)61-50-52(66-29-58(30-66)32-74-33-58)54-60-45(28-75-54)37-11-14-46-41(22-37)43(24-57(5,6)31-76-56(71)44-10-9-15-67(62-44)55(50)70)51(68(46)40-26-65(27-40)38-12-13-38)42-23-39(25-59-49(42)36(4)73-8)64-18-16-63(17-19-64)20-21-72-7/h11,14,22-23,25,28,34-36,38,40,44,47-48,50,52,62H,9-10,12-13,15-21,24,26-27,29-33H2,1-8H3,(H,61,69)/t35-,36-,44-,47+,48+,50-,52-/m0/s1. The maximum absolute atomic E-state index is 15.3. The number of likely N-dealkylation sites (tertiary alicyclic amines) is 2. The first-order valence-electron chi connectivity index (χ1n) is 28.4. The van der Waals surface area contributed by atoms with E-state index in [1.165, 1.54) is 17.9 Å². The van der Waals surface area contributed by atoms with Crippen molar-refractivity contribution in [2.45, 2.75) is 110 Å². The number of amides is 2. The normalized spacial score (nSPS) is 28.7. The molecule has 7 atom stereocenters. The third-order valence-electron chi connectivity index (χ3n) is 18.4. The molecule has 8 aliphatic rings. The number of nitrogens with one attached hydrogen (secondary N) is 2. The molecule has 2 saturated carbocycles. The highest BCUT2D eigenvalue weighted by Crippen LogP contribution is 2.52. The van der Waals surface area contributed by atoms with Crippen molar-refractivity contribution in [3.05, 3.63) is 53.9 Å². The number of piperazine rings is 1. The number of aromatic nitrogens is 3. The SMILES string of the molecule is COCCN1CCN(c2cnc([C@H](C)OC)c(-c3c4c5cc(ccc5n3C3CN(C5CC5)C3)-c3coc(n3)[C@@H](N3CC5(COC5)C3)[C@H](NC(=O)[C@@H]3[C@@H](C)[C@H]3C(C)C)C(=O)N3CCC[C@H](N3)C(=O)OCC(C)(C)C4)c2)CC1. The average molecular weight is 1050 g/mol. The van der Waals surface area contributed by atoms with Crippen molar-refractivity contribution in [3.8, 4) is 22.5 Å². The van der Waals surface area contributed by atoms with Crippen LogP contribution in [0.2, 0.25) is 0 Å². The number of esters is 1. The highest BCUT2D eigenvalue weighted by Gasteiger charge is 2.57. The number of anilines is 1. The Hall–Kier alpha value is -4.95. The summed E-state index contributed by atoms with van der Waals surface area (Å²) in [4.78, 5) is 64.6. The fourth-order valence-corrected chi connectivity index (χ4v) is 13.8. The summed E-state index contributed by atoms with van der Waals surface area (Å²) >= 11 is 0. The van der Waals surface area contributed by atoms with Crippen LogP contribution in [0, 0.1) is 34.5 Å². The lowest BCUT2D eigenvalue weighted by Crippen LogP contribution is -2.70. The predicted octanol–water partition coefficient (Wildman–Crippen LogP) is 5.87. The summed E-state index contributed by atoms with van der Waals surface area (Å²) in [6.07, 6.45) is 7.59. The molecule has 4 aromatic rings. The smallest absolute Gasteiger partial charge is 0.324 e. The molecule has 76 heavy (non-hydrogen) atoms. The molecule has 410 valence electrons. The maximum atomic E-state index is 15.3. The zero-order chi connectivity index (χ0) is 52.8. The Balaban J connectivity index is 1.00. The number of methoxy groups -OCH3 is 2. The van der Waals surface area contributed by atoms with Gasteiger partial charge in [-0.15, -0.1) is 0 Å². The number of ether oxygens (including phenoxy) is 4. The minimum Gasteiger partial charge on any atom is -0.464 e. The van der Waals surface area contributed by atoms with Crippen molar-refractivity contribution in [1.82, 2.24) is 45.0 Å². The number of oxazole rings is 1. The first kappa shape index (κ1) is 51.8. The first-order chi connectivity index (χ1) is 36.6. The molecule has 2 amide bonds. The largest absolute Gasteiger partial charge is 0.464 e. The predicted molar refractivity (Wildman–Crippen MR) is 287 cm³/mol. The lowest BCUT2D eigenvalue weighted by molar-refractivity contribution is -0.204. The van der Waals surface area contributed by atoms with Crippen LogP contribution < -0.4 is 15.6 Å². The van der Waals surface area contributed by atoms with Crippen molar-refractivity contribution < 1.29 is 37.7 Å². The van der Waals surface area contributed by atoms with E-state index in [4.69, 9.17) is 33.3 Å². The average Bonchev–Trinajstić information content (AvgIpc) is 4.29. The molecule has 6 aliphatic heterocycles. The quantitative estimate of drug-likeness (QED) is 0.152. The van der Waals surface area contributed by atoms with Crippen LogP contribution >= 0.6 is 0 Å².